The quantitative estimate of drug-likeness (QED) is 0.0953. The molecule has 378 valence electrons. The minimum atomic E-state index is -0.844. The van der Waals surface area contributed by atoms with Gasteiger partial charge in [0, 0.05) is 66.1 Å². The molecule has 0 unspecified atom stereocenters. The van der Waals surface area contributed by atoms with Crippen LogP contribution in [0.1, 0.15) is 98.5 Å². The van der Waals surface area contributed by atoms with E-state index in [0.29, 0.717) is 0 Å². The fourth-order valence-electron chi connectivity index (χ4n) is 11.5. The van der Waals surface area contributed by atoms with Crippen LogP contribution in [0.15, 0.2) is 237 Å². The number of hydrogen-bond acceptors (Lipinski definition) is 3. The maximum atomic E-state index is 5.05. The summed E-state index contributed by atoms with van der Waals surface area (Å²) in [5, 5.41) is 2.29. The molecule has 0 radical (unpaired) electrons. The molecule has 0 amide bonds. The molecule has 0 N–H and O–H groups in total. The van der Waals surface area contributed by atoms with Gasteiger partial charge in [-0.15, -0.1) is 28.9 Å². The summed E-state index contributed by atoms with van der Waals surface area (Å²) < 4.78 is 2.30. The molecule has 0 fully saturated rings. The molecule has 12 rings (SSSR count). The number of benzene rings is 9. The van der Waals surface area contributed by atoms with Gasteiger partial charge in [-0.3, -0.25) is 0 Å². The van der Waals surface area contributed by atoms with Gasteiger partial charge in [-0.2, -0.15) is 42.5 Å². The van der Waals surface area contributed by atoms with E-state index < -0.39 is 5.41 Å². The molecule has 0 spiro atoms. The standard InChI is InChI=1S/C71H61N4.Pt/c1-68(2,3)54-41-42-72-67(48-54)75-63-36-21-20-35-61(63)62-40-39-56(47-66(62)75)71(52-29-16-10-17-30-52,53-31-18-11-19-32-53)55-33-24-34-59(44-55)73-49-74(65-38-23-22-37-64(65)73)60-45-57(69(4,5)50-25-12-8-13-26-50)43-58(46-60)70(6,7)51-27-14-9-15-28-51;/h8-43,45-46,48-49H,1-7H3;/q-3;. The molecule has 5 heteroatoms. The molecule has 3 heterocycles. The first kappa shape index (κ1) is 50.4. The third-order valence-electron chi connectivity index (χ3n) is 15.9. The summed E-state index contributed by atoms with van der Waals surface area (Å²) in [7, 11) is 0. The van der Waals surface area contributed by atoms with Gasteiger partial charge in [-0.05, 0) is 92.2 Å². The van der Waals surface area contributed by atoms with Gasteiger partial charge in [-0.25, -0.2) is 4.98 Å². The van der Waals surface area contributed by atoms with Crippen LogP contribution in [0.5, 0.6) is 0 Å². The normalized spacial score (nSPS) is 13.0. The maximum absolute atomic E-state index is 5.05. The third kappa shape index (κ3) is 8.58. The number of fused-ring (bicyclic) bond motifs is 4. The van der Waals surface area contributed by atoms with Crippen LogP contribution in [0.3, 0.4) is 0 Å². The van der Waals surface area contributed by atoms with Gasteiger partial charge in [0.2, 0.25) is 0 Å². The van der Waals surface area contributed by atoms with Gasteiger partial charge in [-0.1, -0.05) is 212 Å². The van der Waals surface area contributed by atoms with Crippen molar-refractivity contribution in [3.8, 4) is 5.82 Å². The van der Waals surface area contributed by atoms with E-state index in [1.807, 2.05) is 6.20 Å². The summed E-state index contributed by atoms with van der Waals surface area (Å²) in [6.07, 6.45) is 1.94. The van der Waals surface area contributed by atoms with Gasteiger partial charge in [0.15, 0.2) is 0 Å². The van der Waals surface area contributed by atoms with Crippen LogP contribution < -0.4 is 9.80 Å². The average molecular weight is 1170 g/mol. The number of anilines is 4. The Morgan fingerprint density at radius 2 is 0.921 bits per heavy atom. The number of nitrogens with zero attached hydrogens (tertiary/aromatic N) is 4. The Balaban J connectivity index is 0.00000616. The third-order valence-corrected chi connectivity index (χ3v) is 15.9. The molecule has 2 aromatic heterocycles. The first-order valence-electron chi connectivity index (χ1n) is 26.2. The van der Waals surface area contributed by atoms with Gasteiger partial charge < -0.3 is 14.4 Å². The maximum Gasteiger partial charge on any atom is 0.135 e. The zero-order chi connectivity index (χ0) is 51.5. The van der Waals surface area contributed by atoms with Crippen LogP contribution in [-0.4, -0.2) is 9.55 Å². The zero-order valence-electron chi connectivity index (χ0n) is 44.2. The van der Waals surface area contributed by atoms with E-state index >= 15 is 0 Å². The van der Waals surface area contributed by atoms with Crippen LogP contribution in [0.4, 0.5) is 22.7 Å². The van der Waals surface area contributed by atoms with E-state index in [1.54, 1.807) is 0 Å². The van der Waals surface area contributed by atoms with Gasteiger partial charge >= 0.3 is 0 Å². The number of rotatable bonds is 11. The summed E-state index contributed by atoms with van der Waals surface area (Å²) in [6.45, 7) is 18.4. The molecule has 0 aliphatic carbocycles. The number of para-hydroxylation sites is 3. The Hall–Kier alpha value is -7.78. The van der Waals surface area contributed by atoms with Gasteiger partial charge in [0.25, 0.3) is 0 Å². The summed E-state index contributed by atoms with van der Waals surface area (Å²) in [5.74, 6) is 0.873. The fraction of sp³-hybridized carbons (Fsp3) is 0.155. The molecule has 1 aliphatic rings. The smallest absolute Gasteiger partial charge is 0.135 e. The van der Waals surface area contributed by atoms with Crippen molar-refractivity contribution in [2.24, 2.45) is 0 Å². The fourth-order valence-corrected chi connectivity index (χ4v) is 11.5. The molecule has 0 saturated carbocycles. The van der Waals surface area contributed by atoms with Crippen LogP contribution >= 0.6 is 0 Å². The second-order valence-corrected chi connectivity index (χ2v) is 22.2. The van der Waals surface area contributed by atoms with Gasteiger partial charge in [0.05, 0.1) is 0 Å². The molecule has 11 aromatic rings. The minimum absolute atomic E-state index is 0. The predicted octanol–water partition coefficient (Wildman–Crippen LogP) is 17.5. The summed E-state index contributed by atoms with van der Waals surface area (Å²) in [4.78, 5) is 9.73. The molecule has 0 atom stereocenters. The van der Waals surface area contributed by atoms with E-state index in [0.717, 1.165) is 72.6 Å². The largest absolute Gasteiger partial charge is 0.493 e. The van der Waals surface area contributed by atoms with E-state index in [4.69, 9.17) is 4.98 Å². The molecule has 76 heavy (non-hydrogen) atoms. The average Bonchev–Trinajstić information content (AvgIpc) is 4.04. The number of aromatic nitrogens is 2. The molecule has 4 nitrogen and oxygen atoms in total. The first-order valence-corrected chi connectivity index (χ1v) is 26.2. The molecule has 1 aliphatic heterocycles. The van der Waals surface area contributed by atoms with Crippen molar-refractivity contribution < 1.29 is 21.1 Å². The molecular formula is C71H61N4Pt-3. The Kier molecular flexibility index (Phi) is 13.1. The number of hydrogen-bond donors (Lipinski definition) is 0. The Morgan fingerprint density at radius 1 is 0.408 bits per heavy atom. The van der Waals surface area contributed by atoms with Crippen LogP contribution in [-0.2, 0) is 42.7 Å². The Bertz CT molecular complexity index is 3740. The summed E-state index contributed by atoms with van der Waals surface area (Å²) in [6, 6.07) is 92.1. The Morgan fingerprint density at radius 3 is 1.50 bits per heavy atom. The van der Waals surface area contributed by atoms with Crippen molar-refractivity contribution in [2.45, 2.75) is 70.1 Å². The zero-order valence-corrected chi connectivity index (χ0v) is 46.5. The van der Waals surface area contributed by atoms with Crippen molar-refractivity contribution in [3.63, 3.8) is 0 Å². The van der Waals surface area contributed by atoms with Crippen LogP contribution in [0.2, 0.25) is 0 Å². The minimum Gasteiger partial charge on any atom is -0.493 e. The van der Waals surface area contributed by atoms with Crippen molar-refractivity contribution >= 4 is 44.6 Å². The van der Waals surface area contributed by atoms with Crippen molar-refractivity contribution in [1.82, 2.24) is 9.55 Å². The second-order valence-electron chi connectivity index (χ2n) is 22.2. The second kappa shape index (κ2) is 19.7. The van der Waals surface area contributed by atoms with E-state index in [9.17, 15) is 0 Å². The predicted molar refractivity (Wildman–Crippen MR) is 312 cm³/mol. The topological polar surface area (TPSA) is 24.3 Å². The van der Waals surface area contributed by atoms with Gasteiger partial charge in [0.1, 0.15) is 5.82 Å². The van der Waals surface area contributed by atoms with Crippen LogP contribution in [0.25, 0.3) is 27.6 Å². The summed E-state index contributed by atoms with van der Waals surface area (Å²) in [5.41, 5.74) is 15.4. The summed E-state index contributed by atoms with van der Waals surface area (Å²) >= 11 is 0. The molecular weight excluding hydrogens is 1100 g/mol. The van der Waals surface area contributed by atoms with E-state index in [1.165, 1.54) is 27.8 Å². The molecule has 9 aromatic carbocycles. The monoisotopic (exact) mass is 1160 g/mol. The van der Waals surface area contributed by atoms with Crippen LogP contribution in [0, 0.1) is 18.8 Å². The molecule has 0 bridgehead atoms. The Labute approximate surface area is 463 Å². The molecule has 0 saturated heterocycles. The SMILES string of the molecule is CC(C)(C)c1ccnc(-n2c3[c-]c(C(c4[c-]c(N5[CH-]N(c6cc(C(C)(C)c7ccccc7)cc(C(C)(C)c7ccccc7)c6)c6ccccc65)ccc4)(c4ccccc4)c4ccccc4)ccc3c3ccccc32)c1.[Pt]. The van der Waals surface area contributed by atoms with E-state index in [-0.39, 0.29) is 37.3 Å². The van der Waals surface area contributed by atoms with Crippen molar-refractivity contribution in [1.29, 1.82) is 0 Å². The van der Waals surface area contributed by atoms with Crippen molar-refractivity contribution in [2.75, 3.05) is 9.80 Å². The van der Waals surface area contributed by atoms with E-state index in [2.05, 4.69) is 312 Å². The number of pyridine rings is 1. The first-order chi connectivity index (χ1) is 36.3. The van der Waals surface area contributed by atoms with Crippen molar-refractivity contribution in [3.05, 3.63) is 306 Å².